The van der Waals surface area contributed by atoms with Crippen LogP contribution < -0.4 is 10.6 Å². The molecule has 0 bridgehead atoms. The minimum atomic E-state index is -0.259. The Kier molecular flexibility index (Phi) is 8.62. The van der Waals surface area contributed by atoms with E-state index in [0.29, 0.717) is 25.0 Å². The molecule has 0 spiro atoms. The molecule has 0 saturated heterocycles. The molecular formula is C20H26FIN6O. The molecular weight excluding hydrogens is 486 g/mol. The molecule has 2 aromatic heterocycles. The minimum Gasteiger partial charge on any atom is -0.359 e. The highest BCUT2D eigenvalue weighted by atomic mass is 127. The zero-order valence-electron chi connectivity index (χ0n) is 16.7. The van der Waals surface area contributed by atoms with E-state index in [1.54, 1.807) is 23.9 Å². The van der Waals surface area contributed by atoms with Gasteiger partial charge in [-0.2, -0.15) is 5.10 Å². The fraction of sp³-hybridized carbons (Fsp3) is 0.350. The van der Waals surface area contributed by atoms with E-state index >= 15 is 0 Å². The second kappa shape index (κ2) is 10.9. The van der Waals surface area contributed by atoms with Crippen LogP contribution in [0.5, 0.6) is 0 Å². The topological polar surface area (TPSA) is 80.3 Å². The van der Waals surface area contributed by atoms with Crippen LogP contribution >= 0.6 is 24.0 Å². The van der Waals surface area contributed by atoms with E-state index in [1.807, 2.05) is 18.3 Å². The Morgan fingerprint density at radius 3 is 2.62 bits per heavy atom. The summed E-state index contributed by atoms with van der Waals surface area (Å²) in [6.45, 7) is 5.34. The summed E-state index contributed by atoms with van der Waals surface area (Å²) in [7, 11) is 1.72. The first kappa shape index (κ1) is 22.9. The third-order valence-electron chi connectivity index (χ3n) is 4.23. The molecule has 3 aromatic rings. The number of aromatic nitrogens is 3. The van der Waals surface area contributed by atoms with Gasteiger partial charge in [-0.1, -0.05) is 19.0 Å². The summed E-state index contributed by atoms with van der Waals surface area (Å²) in [5.74, 6) is 1.53. The van der Waals surface area contributed by atoms with Crippen molar-refractivity contribution in [3.63, 3.8) is 0 Å². The average Bonchev–Trinajstić information content (AvgIpc) is 3.35. The van der Waals surface area contributed by atoms with Crippen molar-refractivity contribution >= 4 is 29.9 Å². The van der Waals surface area contributed by atoms with Crippen LogP contribution in [0.15, 0.2) is 52.1 Å². The van der Waals surface area contributed by atoms with Crippen molar-refractivity contribution in [2.24, 2.45) is 4.99 Å². The number of rotatable bonds is 7. The number of halogens is 2. The molecule has 29 heavy (non-hydrogen) atoms. The van der Waals surface area contributed by atoms with Crippen molar-refractivity contribution in [3.8, 4) is 5.69 Å². The van der Waals surface area contributed by atoms with Crippen molar-refractivity contribution in [2.75, 3.05) is 13.6 Å². The van der Waals surface area contributed by atoms with Crippen molar-refractivity contribution in [1.82, 2.24) is 25.6 Å². The third kappa shape index (κ3) is 6.55. The van der Waals surface area contributed by atoms with Crippen LogP contribution in [0.1, 0.15) is 36.9 Å². The molecule has 3 rings (SSSR count). The first-order valence-corrected chi connectivity index (χ1v) is 9.25. The van der Waals surface area contributed by atoms with E-state index < -0.39 is 0 Å². The van der Waals surface area contributed by atoms with Gasteiger partial charge in [-0.15, -0.1) is 24.0 Å². The van der Waals surface area contributed by atoms with E-state index in [2.05, 4.69) is 39.7 Å². The van der Waals surface area contributed by atoms with Crippen LogP contribution in [-0.2, 0) is 13.0 Å². The van der Waals surface area contributed by atoms with Gasteiger partial charge in [-0.3, -0.25) is 4.99 Å². The van der Waals surface area contributed by atoms with Crippen LogP contribution in [0.4, 0.5) is 4.39 Å². The van der Waals surface area contributed by atoms with E-state index in [9.17, 15) is 4.39 Å². The molecule has 9 heteroatoms. The molecule has 1 aromatic carbocycles. The van der Waals surface area contributed by atoms with Crippen LogP contribution in [0.25, 0.3) is 5.69 Å². The fourth-order valence-corrected chi connectivity index (χ4v) is 2.62. The average molecular weight is 512 g/mol. The fourth-order valence-electron chi connectivity index (χ4n) is 2.62. The van der Waals surface area contributed by atoms with E-state index in [1.165, 1.54) is 12.1 Å². The highest BCUT2D eigenvalue weighted by Gasteiger charge is 2.08. The predicted molar refractivity (Wildman–Crippen MR) is 121 cm³/mol. The van der Waals surface area contributed by atoms with Gasteiger partial charge in [0.25, 0.3) is 0 Å². The Labute approximate surface area is 186 Å². The number of aliphatic imine (C=N–C) groups is 1. The normalized spacial score (nSPS) is 11.4. The smallest absolute Gasteiger partial charge is 0.191 e. The number of hydrogen-bond acceptors (Lipinski definition) is 4. The lowest BCUT2D eigenvalue weighted by atomic mass is 10.1. The van der Waals surface area contributed by atoms with Gasteiger partial charge in [-0.05, 0) is 36.2 Å². The highest BCUT2D eigenvalue weighted by Crippen LogP contribution is 2.13. The SMILES string of the molecule is CN=C(NCCc1ccn(-c2ccc(F)cc2)n1)NCc1cc(C(C)C)no1.I. The van der Waals surface area contributed by atoms with Gasteiger partial charge in [-0.25, -0.2) is 9.07 Å². The standard InChI is InChI=1S/C20H25FN6O.HI/c1-14(2)19-12-18(28-26-19)13-24-20(22-3)23-10-8-16-9-11-27(25-16)17-6-4-15(21)5-7-17;/h4-7,9,11-12,14H,8,10,13H2,1-3H3,(H2,22,23,24);1H. The lowest BCUT2D eigenvalue weighted by molar-refractivity contribution is 0.372. The molecule has 156 valence electrons. The lowest BCUT2D eigenvalue weighted by Crippen LogP contribution is -2.37. The van der Waals surface area contributed by atoms with Gasteiger partial charge in [0, 0.05) is 32.3 Å². The molecule has 2 heterocycles. The summed E-state index contributed by atoms with van der Waals surface area (Å²) >= 11 is 0. The lowest BCUT2D eigenvalue weighted by Gasteiger charge is -2.09. The van der Waals surface area contributed by atoms with Gasteiger partial charge >= 0.3 is 0 Å². The highest BCUT2D eigenvalue weighted by molar-refractivity contribution is 14.0. The first-order valence-electron chi connectivity index (χ1n) is 9.25. The van der Waals surface area contributed by atoms with E-state index in [4.69, 9.17) is 4.52 Å². The number of nitrogens with one attached hydrogen (secondary N) is 2. The summed E-state index contributed by atoms with van der Waals surface area (Å²) in [6.07, 6.45) is 2.60. The largest absolute Gasteiger partial charge is 0.359 e. The van der Waals surface area contributed by atoms with E-state index in [0.717, 1.165) is 29.3 Å². The molecule has 7 nitrogen and oxygen atoms in total. The zero-order valence-corrected chi connectivity index (χ0v) is 19.1. The van der Waals surface area contributed by atoms with Crippen LogP contribution in [0.3, 0.4) is 0 Å². The molecule has 0 aliphatic carbocycles. The molecule has 0 radical (unpaired) electrons. The Morgan fingerprint density at radius 2 is 1.97 bits per heavy atom. The predicted octanol–water partition coefficient (Wildman–Crippen LogP) is 3.65. The molecule has 0 aliphatic rings. The summed E-state index contributed by atoms with van der Waals surface area (Å²) in [5, 5.41) is 15.0. The molecule has 0 aliphatic heterocycles. The quantitative estimate of drug-likeness (QED) is 0.287. The number of guanidine groups is 1. The Morgan fingerprint density at radius 1 is 1.21 bits per heavy atom. The van der Waals surface area contributed by atoms with Gasteiger partial charge in [0.2, 0.25) is 0 Å². The molecule has 0 fully saturated rings. The van der Waals surface area contributed by atoms with E-state index in [-0.39, 0.29) is 29.8 Å². The van der Waals surface area contributed by atoms with Crippen molar-refractivity contribution in [2.45, 2.75) is 32.7 Å². The Balaban J connectivity index is 0.00000300. The Hall–Kier alpha value is -2.43. The van der Waals surface area contributed by atoms with Crippen LogP contribution in [0, 0.1) is 5.82 Å². The van der Waals surface area contributed by atoms with Crippen molar-refractivity contribution < 1.29 is 8.91 Å². The summed E-state index contributed by atoms with van der Waals surface area (Å²) < 4.78 is 20.1. The second-order valence-electron chi connectivity index (χ2n) is 6.70. The van der Waals surface area contributed by atoms with Crippen LogP contribution in [0.2, 0.25) is 0 Å². The number of nitrogens with zero attached hydrogens (tertiary/aromatic N) is 4. The van der Waals surface area contributed by atoms with Crippen LogP contribution in [-0.4, -0.2) is 34.5 Å². The molecule has 0 amide bonds. The minimum absolute atomic E-state index is 0. The first-order chi connectivity index (χ1) is 13.5. The maximum absolute atomic E-state index is 13.0. The van der Waals surface area contributed by atoms with Gasteiger partial charge in [0.15, 0.2) is 11.7 Å². The molecule has 0 saturated carbocycles. The molecule has 0 atom stereocenters. The Bertz CT molecular complexity index is 919. The maximum atomic E-state index is 13.0. The van der Waals surface area contributed by atoms with Gasteiger partial charge in [0.1, 0.15) is 5.82 Å². The maximum Gasteiger partial charge on any atom is 0.191 e. The molecule has 2 N–H and O–H groups in total. The third-order valence-corrected chi connectivity index (χ3v) is 4.23. The van der Waals surface area contributed by atoms with Gasteiger partial charge < -0.3 is 15.2 Å². The second-order valence-corrected chi connectivity index (χ2v) is 6.70. The summed E-state index contributed by atoms with van der Waals surface area (Å²) in [6, 6.07) is 10.1. The van der Waals surface area contributed by atoms with Crippen molar-refractivity contribution in [3.05, 3.63) is 65.6 Å². The number of benzene rings is 1. The van der Waals surface area contributed by atoms with Crippen molar-refractivity contribution in [1.29, 1.82) is 0 Å². The van der Waals surface area contributed by atoms with Gasteiger partial charge in [0.05, 0.1) is 23.6 Å². The summed E-state index contributed by atoms with van der Waals surface area (Å²) in [4.78, 5) is 4.21. The molecule has 0 unspecified atom stereocenters. The number of hydrogen-bond donors (Lipinski definition) is 2. The summed E-state index contributed by atoms with van der Waals surface area (Å²) in [5.41, 5.74) is 2.70. The zero-order chi connectivity index (χ0) is 19.9. The monoisotopic (exact) mass is 512 g/mol.